The third-order valence-electron chi connectivity index (χ3n) is 5.53. The maximum Gasteiger partial charge on any atom is 0.293 e. The van der Waals surface area contributed by atoms with Crippen molar-refractivity contribution in [2.75, 3.05) is 19.8 Å². The summed E-state index contributed by atoms with van der Waals surface area (Å²) in [6, 6.07) is 18.2. The van der Waals surface area contributed by atoms with E-state index in [1.165, 1.54) is 0 Å². The first kappa shape index (κ1) is 26.9. The van der Waals surface area contributed by atoms with Gasteiger partial charge in [-0.05, 0) is 84.8 Å². The average molecular weight is 558 g/mol. The zero-order chi connectivity index (χ0) is 26.4. The summed E-state index contributed by atoms with van der Waals surface area (Å²) in [5, 5.41) is 0.591. The Morgan fingerprint density at radius 1 is 0.973 bits per heavy atom. The normalized spacial score (nSPS) is 14.4. The summed E-state index contributed by atoms with van der Waals surface area (Å²) in [5.74, 6) is 1.11. The molecule has 192 valence electrons. The third-order valence-corrected chi connectivity index (χ3v) is 6.97. The van der Waals surface area contributed by atoms with Gasteiger partial charge in [-0.25, -0.2) is 0 Å². The van der Waals surface area contributed by atoms with Crippen LogP contribution in [0.4, 0.5) is 4.79 Å². The molecule has 9 heteroatoms. The van der Waals surface area contributed by atoms with E-state index in [1.807, 2.05) is 38.1 Å². The molecule has 0 N–H and O–H groups in total. The lowest BCUT2D eigenvalue weighted by Gasteiger charge is -2.15. The Bertz CT molecular complexity index is 1330. The van der Waals surface area contributed by atoms with Crippen molar-refractivity contribution in [1.82, 2.24) is 4.90 Å². The Morgan fingerprint density at radius 3 is 2.46 bits per heavy atom. The van der Waals surface area contributed by atoms with Gasteiger partial charge in [0.15, 0.2) is 11.5 Å². The van der Waals surface area contributed by atoms with Gasteiger partial charge in [-0.2, -0.15) is 0 Å². The van der Waals surface area contributed by atoms with E-state index >= 15 is 0 Å². The molecule has 37 heavy (non-hydrogen) atoms. The molecule has 0 spiro atoms. The first-order valence-corrected chi connectivity index (χ1v) is 13.2. The highest BCUT2D eigenvalue weighted by Gasteiger charge is 2.35. The fraction of sp³-hybridized carbons (Fsp3) is 0.214. The summed E-state index contributed by atoms with van der Waals surface area (Å²) in [7, 11) is 0. The Hall–Kier alpha value is -3.13. The van der Waals surface area contributed by atoms with Crippen molar-refractivity contribution in [2.24, 2.45) is 0 Å². The fourth-order valence-electron chi connectivity index (χ4n) is 3.63. The molecule has 1 fully saturated rings. The molecule has 1 heterocycles. The van der Waals surface area contributed by atoms with E-state index in [0.29, 0.717) is 51.0 Å². The van der Waals surface area contributed by atoms with Gasteiger partial charge >= 0.3 is 0 Å². The Labute approximate surface area is 230 Å². The second-order valence-corrected chi connectivity index (χ2v) is 9.95. The lowest BCUT2D eigenvalue weighted by molar-refractivity contribution is -0.123. The number of halogens is 2. The minimum Gasteiger partial charge on any atom is -0.492 e. The Kier molecular flexibility index (Phi) is 9.03. The van der Waals surface area contributed by atoms with Crippen molar-refractivity contribution in [3.05, 3.63) is 92.3 Å². The van der Waals surface area contributed by atoms with Gasteiger partial charge in [0.05, 0.1) is 23.1 Å². The number of carbonyl (C=O) groups excluding carboxylic acids is 2. The second-order valence-electron chi connectivity index (χ2n) is 8.11. The number of thioether (sulfide) groups is 1. The highest BCUT2D eigenvalue weighted by atomic mass is 35.5. The van der Waals surface area contributed by atoms with Crippen LogP contribution < -0.4 is 14.2 Å². The lowest BCUT2D eigenvalue weighted by Crippen LogP contribution is -2.32. The van der Waals surface area contributed by atoms with Crippen molar-refractivity contribution < 1.29 is 23.8 Å². The van der Waals surface area contributed by atoms with E-state index in [9.17, 15) is 9.59 Å². The van der Waals surface area contributed by atoms with Crippen LogP contribution in [0.25, 0.3) is 6.08 Å². The van der Waals surface area contributed by atoms with Crippen LogP contribution in [0.3, 0.4) is 0 Å². The predicted octanol–water partition coefficient (Wildman–Crippen LogP) is 7.39. The number of amides is 2. The van der Waals surface area contributed by atoms with E-state index in [2.05, 4.69) is 0 Å². The van der Waals surface area contributed by atoms with Crippen molar-refractivity contribution in [1.29, 1.82) is 0 Å². The summed E-state index contributed by atoms with van der Waals surface area (Å²) in [5.41, 5.74) is 2.78. The van der Waals surface area contributed by atoms with Gasteiger partial charge < -0.3 is 14.2 Å². The first-order chi connectivity index (χ1) is 17.9. The molecular weight excluding hydrogens is 533 g/mol. The van der Waals surface area contributed by atoms with Crippen LogP contribution >= 0.6 is 35.0 Å². The quantitative estimate of drug-likeness (QED) is 0.242. The molecule has 3 aromatic rings. The smallest absolute Gasteiger partial charge is 0.293 e. The van der Waals surface area contributed by atoms with Gasteiger partial charge in [-0.15, -0.1) is 0 Å². The maximum atomic E-state index is 12.9. The van der Waals surface area contributed by atoms with E-state index in [1.54, 1.807) is 42.5 Å². The molecule has 3 aromatic carbocycles. The van der Waals surface area contributed by atoms with Crippen LogP contribution in [-0.2, 0) is 11.4 Å². The number of ether oxygens (including phenoxy) is 3. The molecule has 1 aliphatic heterocycles. The topological polar surface area (TPSA) is 65.1 Å². The summed E-state index contributed by atoms with van der Waals surface area (Å²) >= 11 is 13.3. The number of imide groups is 1. The number of hydrogen-bond acceptors (Lipinski definition) is 6. The largest absolute Gasteiger partial charge is 0.492 e. The van der Waals surface area contributed by atoms with Crippen LogP contribution in [0.1, 0.15) is 23.6 Å². The Morgan fingerprint density at radius 2 is 1.73 bits per heavy atom. The van der Waals surface area contributed by atoms with Gasteiger partial charge in [0.1, 0.15) is 19.0 Å². The molecule has 1 aliphatic rings. The van der Waals surface area contributed by atoms with E-state index in [0.717, 1.165) is 27.8 Å². The molecule has 0 aromatic heterocycles. The zero-order valence-corrected chi connectivity index (χ0v) is 22.7. The zero-order valence-electron chi connectivity index (χ0n) is 20.3. The van der Waals surface area contributed by atoms with Crippen LogP contribution in [0.15, 0.2) is 65.6 Å². The van der Waals surface area contributed by atoms with Crippen molar-refractivity contribution >= 4 is 52.2 Å². The number of rotatable bonds is 10. The molecule has 0 bridgehead atoms. The number of aryl methyl sites for hydroxylation is 1. The molecule has 0 saturated carbocycles. The lowest BCUT2D eigenvalue weighted by atomic mass is 10.1. The highest BCUT2D eigenvalue weighted by Crippen LogP contribution is 2.39. The minimum absolute atomic E-state index is 0.126. The van der Waals surface area contributed by atoms with Gasteiger partial charge in [0.2, 0.25) is 0 Å². The number of carbonyl (C=O) groups is 2. The summed E-state index contributed by atoms with van der Waals surface area (Å²) in [6.07, 6.45) is 1.63. The predicted molar refractivity (Wildman–Crippen MR) is 148 cm³/mol. The standard InChI is InChI=1S/C28H25Cl2NO5S/c1-3-34-24-15-19(14-23(30)26(24)36-17-20-7-5-4-6-18(20)2)16-25-27(32)31(28(33)37-25)12-13-35-22-10-8-21(29)9-11-22/h4-11,14-16H,3,12-13,17H2,1-2H3/b25-16-. The number of hydrogen-bond donors (Lipinski definition) is 0. The van der Waals surface area contributed by atoms with Gasteiger partial charge in [-0.3, -0.25) is 14.5 Å². The molecule has 2 amide bonds. The molecule has 0 unspecified atom stereocenters. The molecule has 0 aliphatic carbocycles. The fourth-order valence-corrected chi connectivity index (χ4v) is 4.89. The monoisotopic (exact) mass is 557 g/mol. The van der Waals surface area contributed by atoms with Crippen LogP contribution in [0.5, 0.6) is 17.2 Å². The second kappa shape index (κ2) is 12.4. The molecule has 6 nitrogen and oxygen atoms in total. The summed E-state index contributed by atoms with van der Waals surface area (Å²) in [4.78, 5) is 26.9. The van der Waals surface area contributed by atoms with Crippen LogP contribution in [0, 0.1) is 6.92 Å². The summed E-state index contributed by atoms with van der Waals surface area (Å²) in [6.45, 7) is 4.92. The minimum atomic E-state index is -0.385. The van der Waals surface area contributed by atoms with Gasteiger partial charge in [0.25, 0.3) is 11.1 Å². The number of nitrogens with zero attached hydrogens (tertiary/aromatic N) is 1. The molecule has 0 atom stereocenters. The van der Waals surface area contributed by atoms with Gasteiger partial charge in [0, 0.05) is 5.02 Å². The summed E-state index contributed by atoms with van der Waals surface area (Å²) < 4.78 is 17.4. The average Bonchev–Trinajstić information content (AvgIpc) is 3.13. The highest BCUT2D eigenvalue weighted by molar-refractivity contribution is 8.18. The van der Waals surface area contributed by atoms with E-state index in [4.69, 9.17) is 37.4 Å². The van der Waals surface area contributed by atoms with Crippen LogP contribution in [-0.4, -0.2) is 35.8 Å². The van der Waals surface area contributed by atoms with Crippen molar-refractivity contribution in [2.45, 2.75) is 20.5 Å². The van der Waals surface area contributed by atoms with E-state index < -0.39 is 0 Å². The molecule has 4 rings (SSSR count). The van der Waals surface area contributed by atoms with Crippen molar-refractivity contribution in [3.63, 3.8) is 0 Å². The molecular formula is C28H25Cl2NO5S. The molecule has 0 radical (unpaired) electrons. The molecule has 1 saturated heterocycles. The van der Waals surface area contributed by atoms with E-state index in [-0.39, 0.29) is 24.3 Å². The Balaban J connectivity index is 1.46. The van der Waals surface area contributed by atoms with Crippen molar-refractivity contribution in [3.8, 4) is 17.2 Å². The first-order valence-electron chi connectivity index (χ1n) is 11.6. The van der Waals surface area contributed by atoms with Crippen LogP contribution in [0.2, 0.25) is 10.0 Å². The number of benzene rings is 3. The maximum absolute atomic E-state index is 12.9. The SMILES string of the molecule is CCOc1cc(/C=C2\SC(=O)N(CCOc3ccc(Cl)cc3)C2=O)cc(Cl)c1OCc1ccccc1C. The van der Waals surface area contributed by atoms with Gasteiger partial charge in [-0.1, -0.05) is 47.5 Å². The third kappa shape index (κ3) is 6.80.